The van der Waals surface area contributed by atoms with Gasteiger partial charge in [0, 0.05) is 31.6 Å². The van der Waals surface area contributed by atoms with Gasteiger partial charge in [0.1, 0.15) is 6.54 Å². The number of unbranched alkanes of at least 4 members (excludes halogenated alkanes) is 3. The minimum Gasteiger partial charge on any atom is -1.00 e. The second-order valence-electron chi connectivity index (χ2n) is 3.88. The van der Waals surface area contributed by atoms with E-state index in [9.17, 15) is 0 Å². The third-order valence-electron chi connectivity index (χ3n) is 2.70. The molecule has 1 rings (SSSR count). The zero-order valence-electron chi connectivity index (χ0n) is 10.0. The number of aliphatic hydroxyl groups is 1. The summed E-state index contributed by atoms with van der Waals surface area (Å²) in [6, 6.07) is 6.38. The van der Waals surface area contributed by atoms with E-state index in [0.29, 0.717) is 6.61 Å². The van der Waals surface area contributed by atoms with Crippen molar-refractivity contribution in [3.63, 3.8) is 0 Å². The lowest BCUT2D eigenvalue weighted by Crippen LogP contribution is -3.00. The fourth-order valence-corrected chi connectivity index (χ4v) is 1.80. The predicted molar refractivity (Wildman–Crippen MR) is 61.6 cm³/mol. The van der Waals surface area contributed by atoms with Crippen LogP contribution in [0.25, 0.3) is 0 Å². The summed E-state index contributed by atoms with van der Waals surface area (Å²) in [7, 11) is 0. The van der Waals surface area contributed by atoms with E-state index in [2.05, 4.69) is 35.9 Å². The van der Waals surface area contributed by atoms with Crippen LogP contribution in [0.1, 0.15) is 38.3 Å². The Kier molecular flexibility index (Phi) is 9.54. The van der Waals surface area contributed by atoms with Crippen molar-refractivity contribution in [3.8, 4) is 0 Å². The van der Waals surface area contributed by atoms with E-state index >= 15 is 0 Å². The van der Waals surface area contributed by atoms with Gasteiger partial charge in [0.05, 0.1) is 0 Å². The normalized spacial score (nSPS) is 9.88. The van der Waals surface area contributed by atoms with E-state index in [4.69, 9.17) is 5.11 Å². The van der Waals surface area contributed by atoms with Crippen LogP contribution in [0.15, 0.2) is 24.4 Å². The first kappa shape index (κ1) is 15.6. The molecule has 0 unspecified atom stereocenters. The average molecular weight is 288 g/mol. The molecule has 0 saturated carbocycles. The minimum absolute atomic E-state index is 0. The summed E-state index contributed by atoms with van der Waals surface area (Å²) in [5, 5.41) is 8.66. The van der Waals surface area contributed by atoms with Gasteiger partial charge in [0.15, 0.2) is 11.9 Å². The Hall–Kier alpha value is -0.410. The van der Waals surface area contributed by atoms with Crippen molar-refractivity contribution in [2.45, 2.75) is 45.6 Å². The van der Waals surface area contributed by atoms with Crippen molar-refractivity contribution in [3.05, 3.63) is 30.1 Å². The molecular formula is C13H22BrNO. The summed E-state index contributed by atoms with van der Waals surface area (Å²) in [5.74, 6) is 0. The van der Waals surface area contributed by atoms with E-state index in [1.807, 2.05) is 0 Å². The molecule has 1 heterocycles. The fourth-order valence-electron chi connectivity index (χ4n) is 1.80. The second-order valence-corrected chi connectivity index (χ2v) is 3.88. The Labute approximate surface area is 109 Å². The molecule has 1 aromatic rings. The van der Waals surface area contributed by atoms with Gasteiger partial charge in [0.2, 0.25) is 0 Å². The quantitative estimate of drug-likeness (QED) is 0.510. The van der Waals surface area contributed by atoms with Crippen molar-refractivity contribution >= 4 is 0 Å². The Balaban J connectivity index is 0.00000225. The smallest absolute Gasteiger partial charge is 0.181 e. The number of pyridine rings is 1. The number of aryl methyl sites for hydroxylation is 2. The number of aliphatic hydroxyl groups excluding tert-OH is 1. The van der Waals surface area contributed by atoms with E-state index < -0.39 is 0 Å². The molecule has 0 fully saturated rings. The molecule has 2 nitrogen and oxygen atoms in total. The summed E-state index contributed by atoms with van der Waals surface area (Å²) in [5.41, 5.74) is 1.40. The monoisotopic (exact) mass is 287 g/mol. The third-order valence-corrected chi connectivity index (χ3v) is 2.70. The van der Waals surface area contributed by atoms with Crippen LogP contribution in [0, 0.1) is 0 Å². The molecule has 0 bridgehead atoms. The van der Waals surface area contributed by atoms with Gasteiger partial charge < -0.3 is 22.1 Å². The van der Waals surface area contributed by atoms with Crippen LogP contribution in [-0.2, 0) is 13.0 Å². The van der Waals surface area contributed by atoms with Gasteiger partial charge in [-0.3, -0.25) is 0 Å². The summed E-state index contributed by atoms with van der Waals surface area (Å²) < 4.78 is 2.33. The highest BCUT2D eigenvalue weighted by molar-refractivity contribution is 4.96. The predicted octanol–water partition coefficient (Wildman–Crippen LogP) is -0.907. The largest absolute Gasteiger partial charge is 1.00 e. The molecule has 3 heteroatoms. The van der Waals surface area contributed by atoms with Gasteiger partial charge in [-0.25, -0.2) is 4.57 Å². The number of halogens is 1. The van der Waals surface area contributed by atoms with Gasteiger partial charge in [-0.05, 0) is 12.8 Å². The molecule has 0 aromatic carbocycles. The number of rotatable bonds is 7. The first-order chi connectivity index (χ1) is 7.38. The van der Waals surface area contributed by atoms with Crippen molar-refractivity contribution in [2.24, 2.45) is 0 Å². The highest BCUT2D eigenvalue weighted by atomic mass is 79.9. The van der Waals surface area contributed by atoms with Gasteiger partial charge in [-0.1, -0.05) is 19.4 Å². The van der Waals surface area contributed by atoms with Gasteiger partial charge >= 0.3 is 0 Å². The van der Waals surface area contributed by atoms with Gasteiger partial charge in [-0.2, -0.15) is 0 Å². The molecule has 1 N–H and O–H groups in total. The van der Waals surface area contributed by atoms with Gasteiger partial charge in [-0.15, -0.1) is 0 Å². The molecule has 0 amide bonds. The molecule has 92 valence electrons. The molecule has 16 heavy (non-hydrogen) atoms. The molecule has 0 aliphatic rings. The molecule has 0 atom stereocenters. The number of nitrogens with zero attached hydrogens (tertiary/aromatic N) is 1. The van der Waals surface area contributed by atoms with Gasteiger partial charge in [0.25, 0.3) is 0 Å². The zero-order chi connectivity index (χ0) is 10.9. The van der Waals surface area contributed by atoms with E-state index in [1.165, 1.54) is 18.5 Å². The van der Waals surface area contributed by atoms with Crippen molar-refractivity contribution in [2.75, 3.05) is 6.61 Å². The third kappa shape index (κ3) is 5.61. The molecule has 0 spiro atoms. The maximum absolute atomic E-state index is 8.66. The number of hydrogen-bond donors (Lipinski definition) is 1. The van der Waals surface area contributed by atoms with Crippen LogP contribution in [0.5, 0.6) is 0 Å². The van der Waals surface area contributed by atoms with Crippen LogP contribution in [-0.4, -0.2) is 11.7 Å². The minimum atomic E-state index is 0. The zero-order valence-corrected chi connectivity index (χ0v) is 11.6. The lowest BCUT2D eigenvalue weighted by Gasteiger charge is -2.01. The summed E-state index contributed by atoms with van der Waals surface area (Å²) in [6.45, 7) is 3.63. The maximum Gasteiger partial charge on any atom is 0.181 e. The molecule has 0 saturated heterocycles. The van der Waals surface area contributed by atoms with Crippen LogP contribution in [0.2, 0.25) is 0 Å². The van der Waals surface area contributed by atoms with E-state index in [1.54, 1.807) is 0 Å². The summed E-state index contributed by atoms with van der Waals surface area (Å²) >= 11 is 0. The SMILES string of the molecule is CCc1cccc[n+]1CCCCCCO.[Br-]. The fraction of sp³-hybridized carbons (Fsp3) is 0.615. The van der Waals surface area contributed by atoms with Crippen LogP contribution in [0.4, 0.5) is 0 Å². The average Bonchev–Trinajstić information content (AvgIpc) is 2.29. The highest BCUT2D eigenvalue weighted by Crippen LogP contribution is 2.00. The lowest BCUT2D eigenvalue weighted by atomic mass is 10.2. The maximum atomic E-state index is 8.66. The molecular weight excluding hydrogens is 266 g/mol. The molecule has 0 aliphatic carbocycles. The number of aromatic nitrogens is 1. The van der Waals surface area contributed by atoms with Crippen molar-refractivity contribution in [1.29, 1.82) is 0 Å². The first-order valence-corrected chi connectivity index (χ1v) is 5.96. The van der Waals surface area contributed by atoms with E-state index in [0.717, 1.165) is 25.8 Å². The molecule has 0 aliphatic heterocycles. The van der Waals surface area contributed by atoms with Crippen molar-refractivity contribution < 1.29 is 26.7 Å². The van der Waals surface area contributed by atoms with Crippen molar-refractivity contribution in [1.82, 2.24) is 0 Å². The van der Waals surface area contributed by atoms with Crippen LogP contribution in [0.3, 0.4) is 0 Å². The summed E-state index contributed by atoms with van der Waals surface area (Å²) in [4.78, 5) is 0. The topological polar surface area (TPSA) is 24.1 Å². The second kappa shape index (κ2) is 9.79. The molecule has 0 radical (unpaired) electrons. The van der Waals surface area contributed by atoms with Crippen LogP contribution < -0.4 is 21.5 Å². The van der Waals surface area contributed by atoms with Crippen LogP contribution >= 0.6 is 0 Å². The van der Waals surface area contributed by atoms with E-state index in [-0.39, 0.29) is 17.0 Å². The Morgan fingerprint density at radius 2 is 1.88 bits per heavy atom. The Bertz CT molecular complexity index is 278. The lowest BCUT2D eigenvalue weighted by molar-refractivity contribution is -0.704. The first-order valence-electron chi connectivity index (χ1n) is 5.96. The Morgan fingerprint density at radius 1 is 1.12 bits per heavy atom. The summed E-state index contributed by atoms with van der Waals surface area (Å²) in [6.07, 6.45) is 7.76. The Morgan fingerprint density at radius 3 is 2.56 bits per heavy atom. The molecule has 1 aromatic heterocycles. The standard InChI is InChI=1S/C13H22NO.BrH/c1-2-13-9-5-7-11-14(13)10-6-3-4-8-12-15;/h5,7,9,11,15H,2-4,6,8,10,12H2,1H3;1H/q+1;/p-1. The number of hydrogen-bond acceptors (Lipinski definition) is 1. The highest BCUT2D eigenvalue weighted by Gasteiger charge is 2.05.